The molecule has 94 valence electrons. The van der Waals surface area contributed by atoms with Crippen molar-refractivity contribution in [1.29, 1.82) is 5.41 Å². The van der Waals surface area contributed by atoms with E-state index in [-0.39, 0.29) is 5.78 Å². The molecule has 1 aromatic rings. The van der Waals surface area contributed by atoms with E-state index >= 15 is 0 Å². The number of hydrogen-bond donors (Lipinski definition) is 3. The van der Waals surface area contributed by atoms with Crippen LogP contribution in [0.25, 0.3) is 4.91 Å². The van der Waals surface area contributed by atoms with E-state index < -0.39 is 0 Å². The van der Waals surface area contributed by atoms with Gasteiger partial charge in [-0.2, -0.15) is 5.10 Å². The highest BCUT2D eigenvalue weighted by atomic mass is 32.2. The first kappa shape index (κ1) is 12.6. The first-order valence-corrected chi connectivity index (χ1v) is 6.28. The predicted molar refractivity (Wildman–Crippen MR) is 73.3 cm³/mol. The number of nitrogens with zero attached hydrogens (tertiary/aromatic N) is 1. The molecule has 0 bridgehead atoms. The highest BCUT2D eigenvalue weighted by Crippen LogP contribution is 2.39. The average Bonchev–Trinajstić information content (AvgIpc) is 2.87. The van der Waals surface area contributed by atoms with Crippen LogP contribution in [0.15, 0.2) is 16.8 Å². The number of H-pyrrole nitrogens is 1. The Morgan fingerprint density at radius 3 is 2.72 bits per heavy atom. The highest BCUT2D eigenvalue weighted by molar-refractivity contribution is 8.12. The zero-order chi connectivity index (χ0) is 13.3. The number of aromatic amines is 1. The predicted octanol–water partition coefficient (Wildman–Crippen LogP) is 2.11. The van der Waals surface area contributed by atoms with Gasteiger partial charge in [0.05, 0.1) is 16.3 Å². The number of thioether (sulfide) groups is 1. The molecule has 3 N–H and O–H groups in total. The minimum atomic E-state index is -0.115. The van der Waals surface area contributed by atoms with Crippen LogP contribution in [0.2, 0.25) is 0 Å². The average molecular weight is 262 g/mol. The zero-order valence-electron chi connectivity index (χ0n) is 10.4. The molecule has 2 rings (SSSR count). The number of allylic oxidation sites excluding steroid dienone is 1. The molecule has 0 unspecified atom stereocenters. The van der Waals surface area contributed by atoms with Gasteiger partial charge in [-0.1, -0.05) is 11.8 Å². The molecule has 1 aliphatic rings. The van der Waals surface area contributed by atoms with Crippen LogP contribution in [0.3, 0.4) is 0 Å². The summed E-state index contributed by atoms with van der Waals surface area (Å²) in [5.41, 5.74) is 3.36. The van der Waals surface area contributed by atoms with Crippen molar-refractivity contribution in [3.05, 3.63) is 33.8 Å². The van der Waals surface area contributed by atoms with Gasteiger partial charge in [0.25, 0.3) is 0 Å². The van der Waals surface area contributed by atoms with Crippen molar-refractivity contribution in [3.8, 4) is 0 Å². The third-order valence-electron chi connectivity index (χ3n) is 2.69. The number of nitrogens with one attached hydrogen (secondary N) is 3. The lowest BCUT2D eigenvalue weighted by Gasteiger charge is -2.03. The fourth-order valence-corrected chi connectivity index (χ4v) is 2.97. The Kier molecular flexibility index (Phi) is 3.38. The summed E-state index contributed by atoms with van der Waals surface area (Å²) in [5, 5.41) is 18.1. The third-order valence-corrected chi connectivity index (χ3v) is 3.77. The lowest BCUT2D eigenvalue weighted by Crippen LogP contribution is -2.07. The number of ketones is 1. The molecule has 0 saturated heterocycles. The molecule has 2 heterocycles. The van der Waals surface area contributed by atoms with Gasteiger partial charge in [0.15, 0.2) is 5.78 Å². The first-order valence-electron chi connectivity index (χ1n) is 5.46. The van der Waals surface area contributed by atoms with Crippen molar-refractivity contribution in [2.45, 2.75) is 20.8 Å². The summed E-state index contributed by atoms with van der Waals surface area (Å²) in [6.07, 6.45) is 2.93. The van der Waals surface area contributed by atoms with Crippen LogP contribution in [0, 0.1) is 19.3 Å². The molecule has 0 aromatic carbocycles. The SMILES string of the molecule is CC(=O)/C(C=N)=C1/NC=C(c2c(C)n[nH]c2C)S1. The summed E-state index contributed by atoms with van der Waals surface area (Å²) in [4.78, 5) is 12.4. The van der Waals surface area contributed by atoms with E-state index in [1.54, 1.807) is 0 Å². The van der Waals surface area contributed by atoms with Crippen molar-refractivity contribution in [1.82, 2.24) is 15.5 Å². The number of carbonyl (C=O) groups is 1. The summed E-state index contributed by atoms with van der Waals surface area (Å²) in [6.45, 7) is 5.35. The molecule has 18 heavy (non-hydrogen) atoms. The van der Waals surface area contributed by atoms with Crippen molar-refractivity contribution in [3.63, 3.8) is 0 Å². The van der Waals surface area contributed by atoms with E-state index in [0.717, 1.165) is 28.1 Å². The Bertz CT molecular complexity index is 563. The normalized spacial score (nSPS) is 17.2. The molecular formula is C12H14N4OS. The van der Waals surface area contributed by atoms with Crippen molar-refractivity contribution in [2.24, 2.45) is 0 Å². The maximum Gasteiger partial charge on any atom is 0.163 e. The fourth-order valence-electron chi connectivity index (χ4n) is 1.80. The van der Waals surface area contributed by atoms with Gasteiger partial charge in [-0.3, -0.25) is 9.89 Å². The lowest BCUT2D eigenvalue weighted by atomic mass is 10.2. The van der Waals surface area contributed by atoms with Crippen molar-refractivity contribution in [2.75, 3.05) is 0 Å². The minimum absolute atomic E-state index is 0.115. The van der Waals surface area contributed by atoms with Gasteiger partial charge in [0.2, 0.25) is 0 Å². The fraction of sp³-hybridized carbons (Fsp3) is 0.250. The zero-order valence-corrected chi connectivity index (χ0v) is 11.2. The summed E-state index contributed by atoms with van der Waals surface area (Å²) < 4.78 is 0. The molecule has 0 amide bonds. The lowest BCUT2D eigenvalue weighted by molar-refractivity contribution is -0.113. The van der Waals surface area contributed by atoms with Gasteiger partial charge in [-0.05, 0) is 20.8 Å². The Morgan fingerprint density at radius 1 is 1.50 bits per heavy atom. The van der Waals surface area contributed by atoms with Gasteiger partial charge in [-0.25, -0.2) is 0 Å². The van der Waals surface area contributed by atoms with E-state index in [1.165, 1.54) is 18.7 Å². The second-order valence-electron chi connectivity index (χ2n) is 4.01. The van der Waals surface area contributed by atoms with E-state index in [2.05, 4.69) is 15.5 Å². The number of aryl methyl sites for hydroxylation is 2. The Labute approximate surface area is 109 Å². The van der Waals surface area contributed by atoms with E-state index in [4.69, 9.17) is 5.41 Å². The summed E-state index contributed by atoms with van der Waals surface area (Å²) in [6, 6.07) is 0. The second kappa shape index (κ2) is 4.81. The quantitative estimate of drug-likeness (QED) is 0.575. The Morgan fingerprint density at radius 2 is 2.22 bits per heavy atom. The number of rotatable bonds is 3. The summed E-state index contributed by atoms with van der Waals surface area (Å²) >= 11 is 1.46. The smallest absolute Gasteiger partial charge is 0.163 e. The monoisotopic (exact) mass is 262 g/mol. The topological polar surface area (TPSA) is 81.6 Å². The third kappa shape index (κ3) is 2.11. The molecule has 0 fully saturated rings. The molecule has 5 nitrogen and oxygen atoms in total. The largest absolute Gasteiger partial charge is 0.354 e. The second-order valence-corrected chi connectivity index (χ2v) is 5.06. The minimum Gasteiger partial charge on any atom is -0.354 e. The molecule has 0 saturated carbocycles. The first-order chi connectivity index (χ1) is 8.54. The molecular weight excluding hydrogens is 248 g/mol. The number of aromatic nitrogens is 2. The van der Waals surface area contributed by atoms with Gasteiger partial charge < -0.3 is 10.7 Å². The number of hydrogen-bond acceptors (Lipinski definition) is 5. The van der Waals surface area contributed by atoms with Crippen LogP contribution in [-0.2, 0) is 4.79 Å². The summed E-state index contributed by atoms with van der Waals surface area (Å²) in [5.74, 6) is -0.115. The van der Waals surface area contributed by atoms with Gasteiger partial charge in [0, 0.05) is 28.6 Å². The Balaban J connectivity index is 2.33. The molecule has 6 heteroatoms. The van der Waals surface area contributed by atoms with Crippen molar-refractivity contribution < 1.29 is 4.79 Å². The highest BCUT2D eigenvalue weighted by Gasteiger charge is 2.21. The molecule has 1 aliphatic heterocycles. The standard InChI is InChI=1S/C12H14N4OS/c1-6-11(7(2)16-15-6)10-5-14-12(18-10)9(4-13)8(3)17/h4-5,13-14H,1-3H3,(H,15,16)/b12-9-,13-4?. The molecule has 0 radical (unpaired) electrons. The molecule has 1 aromatic heterocycles. The maximum atomic E-state index is 11.4. The molecule has 0 atom stereocenters. The van der Waals surface area contributed by atoms with Crippen molar-refractivity contribution >= 4 is 28.7 Å². The van der Waals surface area contributed by atoms with Gasteiger partial charge in [0.1, 0.15) is 0 Å². The van der Waals surface area contributed by atoms with Gasteiger partial charge >= 0.3 is 0 Å². The van der Waals surface area contributed by atoms with Crippen LogP contribution in [0.5, 0.6) is 0 Å². The van der Waals surface area contributed by atoms with E-state index in [0.29, 0.717) is 10.6 Å². The van der Waals surface area contributed by atoms with Crippen LogP contribution in [-0.4, -0.2) is 22.2 Å². The molecule has 0 aliphatic carbocycles. The Hall–Kier alpha value is -1.82. The van der Waals surface area contributed by atoms with E-state index in [9.17, 15) is 4.79 Å². The number of carbonyl (C=O) groups excluding carboxylic acids is 1. The van der Waals surface area contributed by atoms with Crippen LogP contribution in [0.4, 0.5) is 0 Å². The van der Waals surface area contributed by atoms with E-state index in [1.807, 2.05) is 20.0 Å². The van der Waals surface area contributed by atoms with Gasteiger partial charge in [-0.15, -0.1) is 0 Å². The maximum absolute atomic E-state index is 11.4. The van der Waals surface area contributed by atoms with Crippen LogP contribution in [0.1, 0.15) is 23.9 Å². The molecule has 0 spiro atoms. The number of Topliss-reactive ketones (excluding diaryl/α,β-unsaturated/α-hetero) is 1. The summed E-state index contributed by atoms with van der Waals surface area (Å²) in [7, 11) is 0. The van der Waals surface area contributed by atoms with Crippen LogP contribution < -0.4 is 5.32 Å². The van der Waals surface area contributed by atoms with Crippen LogP contribution >= 0.6 is 11.8 Å².